The first-order chi connectivity index (χ1) is 11.6. The Kier molecular flexibility index (Phi) is 5.03. The molecule has 0 aliphatic rings. The molecule has 0 saturated carbocycles. The number of para-hydroxylation sites is 1. The van der Waals surface area contributed by atoms with Crippen LogP contribution in [0.15, 0.2) is 82.6 Å². The van der Waals surface area contributed by atoms with E-state index in [1.807, 2.05) is 60.7 Å². The summed E-state index contributed by atoms with van der Waals surface area (Å²) in [5.74, 6) is 0. The van der Waals surface area contributed by atoms with Gasteiger partial charge in [-0.15, -0.1) is 0 Å². The van der Waals surface area contributed by atoms with E-state index in [4.69, 9.17) is 11.6 Å². The van der Waals surface area contributed by atoms with E-state index >= 15 is 0 Å². The van der Waals surface area contributed by atoms with Crippen molar-refractivity contribution in [2.75, 3.05) is 5.32 Å². The second-order valence-electron chi connectivity index (χ2n) is 4.96. The smallest absolute Gasteiger partial charge is 0.294 e. The molecule has 0 aromatic heterocycles. The Labute approximate surface area is 148 Å². The Morgan fingerprint density at radius 1 is 0.958 bits per heavy atom. The molecule has 3 rings (SSSR count). The van der Waals surface area contributed by atoms with Gasteiger partial charge in [-0.1, -0.05) is 59.8 Å². The number of halogens is 1. The van der Waals surface area contributed by atoms with Gasteiger partial charge in [0, 0.05) is 21.5 Å². The Bertz CT molecular complexity index is 858. The number of nitrogens with one attached hydrogen (secondary N) is 1. The molecule has 0 unspecified atom stereocenters. The van der Waals surface area contributed by atoms with Crippen molar-refractivity contribution in [2.45, 2.75) is 9.79 Å². The van der Waals surface area contributed by atoms with Gasteiger partial charge in [-0.05, 0) is 30.3 Å². The van der Waals surface area contributed by atoms with E-state index in [-0.39, 0.29) is 5.69 Å². The molecule has 4 nitrogen and oxygen atoms in total. The molecule has 0 aliphatic carbocycles. The summed E-state index contributed by atoms with van der Waals surface area (Å²) in [6.45, 7) is 0. The van der Waals surface area contributed by atoms with E-state index in [1.165, 1.54) is 17.8 Å². The highest BCUT2D eigenvalue weighted by atomic mass is 35.5. The Balaban J connectivity index is 1.99. The summed E-state index contributed by atoms with van der Waals surface area (Å²) in [5.41, 5.74) is 1.13. The molecule has 0 fully saturated rings. The minimum absolute atomic E-state index is 0.0544. The molecule has 120 valence electrons. The molecule has 6 heteroatoms. The average molecular weight is 357 g/mol. The highest BCUT2D eigenvalue weighted by molar-refractivity contribution is 7.99. The van der Waals surface area contributed by atoms with Crippen LogP contribution in [0.1, 0.15) is 0 Å². The summed E-state index contributed by atoms with van der Waals surface area (Å²) in [6, 6.07) is 22.2. The maximum atomic E-state index is 11.3. The maximum Gasteiger partial charge on any atom is 0.294 e. The fourth-order valence-corrected chi connectivity index (χ4v) is 3.32. The number of hydrogen-bond acceptors (Lipinski definition) is 4. The van der Waals surface area contributed by atoms with Crippen molar-refractivity contribution < 1.29 is 4.92 Å². The molecule has 0 atom stereocenters. The number of nitrogens with zero attached hydrogens (tertiary/aromatic N) is 1. The first kappa shape index (κ1) is 16.4. The SMILES string of the molecule is O=[N+]([O-])c1cc(Cl)c(Sc2ccccc2)cc1Nc1ccccc1. The van der Waals surface area contributed by atoms with Crippen molar-refractivity contribution in [1.29, 1.82) is 0 Å². The number of nitro groups is 1. The topological polar surface area (TPSA) is 55.2 Å². The second-order valence-corrected chi connectivity index (χ2v) is 6.49. The normalized spacial score (nSPS) is 10.4. The van der Waals surface area contributed by atoms with Crippen LogP contribution in [0.4, 0.5) is 17.1 Å². The van der Waals surface area contributed by atoms with E-state index < -0.39 is 4.92 Å². The van der Waals surface area contributed by atoms with Crippen molar-refractivity contribution in [2.24, 2.45) is 0 Å². The fourth-order valence-electron chi connectivity index (χ4n) is 2.16. The van der Waals surface area contributed by atoms with Crippen molar-refractivity contribution >= 4 is 40.4 Å². The van der Waals surface area contributed by atoms with Crippen LogP contribution in [0, 0.1) is 10.1 Å². The lowest BCUT2D eigenvalue weighted by atomic mass is 10.2. The van der Waals surface area contributed by atoms with Crippen LogP contribution in [-0.4, -0.2) is 4.92 Å². The molecule has 1 N–H and O–H groups in total. The van der Waals surface area contributed by atoms with Gasteiger partial charge in [0.05, 0.1) is 9.95 Å². The number of anilines is 2. The van der Waals surface area contributed by atoms with E-state index in [2.05, 4.69) is 5.32 Å². The third-order valence-electron chi connectivity index (χ3n) is 3.27. The van der Waals surface area contributed by atoms with Gasteiger partial charge in [0.1, 0.15) is 5.69 Å². The summed E-state index contributed by atoms with van der Waals surface area (Å²) in [6.07, 6.45) is 0. The number of hydrogen-bond donors (Lipinski definition) is 1. The fraction of sp³-hybridized carbons (Fsp3) is 0. The predicted octanol–water partition coefficient (Wildman–Crippen LogP) is 6.14. The lowest BCUT2D eigenvalue weighted by Crippen LogP contribution is -1.98. The minimum Gasteiger partial charge on any atom is -0.350 e. The molecule has 0 radical (unpaired) electrons. The highest BCUT2D eigenvalue weighted by Crippen LogP contribution is 2.40. The van der Waals surface area contributed by atoms with Crippen LogP contribution in [0.2, 0.25) is 5.02 Å². The van der Waals surface area contributed by atoms with E-state index in [0.717, 1.165) is 15.5 Å². The first-order valence-electron chi connectivity index (χ1n) is 7.16. The van der Waals surface area contributed by atoms with Crippen molar-refractivity contribution in [3.05, 3.63) is 87.9 Å². The third kappa shape index (κ3) is 3.88. The Morgan fingerprint density at radius 3 is 2.21 bits per heavy atom. The van der Waals surface area contributed by atoms with Gasteiger partial charge in [-0.2, -0.15) is 0 Å². The van der Waals surface area contributed by atoms with Crippen LogP contribution in [-0.2, 0) is 0 Å². The predicted molar refractivity (Wildman–Crippen MR) is 98.4 cm³/mol. The maximum absolute atomic E-state index is 11.3. The zero-order valence-corrected chi connectivity index (χ0v) is 14.1. The van der Waals surface area contributed by atoms with Crippen molar-refractivity contribution in [1.82, 2.24) is 0 Å². The summed E-state index contributed by atoms with van der Waals surface area (Å²) in [4.78, 5) is 12.7. The van der Waals surface area contributed by atoms with Gasteiger partial charge >= 0.3 is 0 Å². The Hall–Kier alpha value is -2.50. The van der Waals surface area contributed by atoms with Crippen LogP contribution >= 0.6 is 23.4 Å². The zero-order valence-electron chi connectivity index (χ0n) is 12.5. The van der Waals surface area contributed by atoms with E-state index in [0.29, 0.717) is 10.7 Å². The molecule has 24 heavy (non-hydrogen) atoms. The van der Waals surface area contributed by atoms with E-state index in [9.17, 15) is 10.1 Å². The molecule has 3 aromatic rings. The first-order valence-corrected chi connectivity index (χ1v) is 8.36. The summed E-state index contributed by atoms with van der Waals surface area (Å²) >= 11 is 7.71. The third-order valence-corrected chi connectivity index (χ3v) is 4.76. The zero-order chi connectivity index (χ0) is 16.9. The lowest BCUT2D eigenvalue weighted by molar-refractivity contribution is -0.383. The van der Waals surface area contributed by atoms with Gasteiger partial charge in [0.25, 0.3) is 5.69 Å². The number of nitro benzene ring substituents is 1. The largest absolute Gasteiger partial charge is 0.350 e. The molecule has 0 heterocycles. The summed E-state index contributed by atoms with van der Waals surface area (Å²) in [5, 5.41) is 14.8. The highest BCUT2D eigenvalue weighted by Gasteiger charge is 2.18. The molecule has 0 amide bonds. The van der Waals surface area contributed by atoms with Gasteiger partial charge in [-0.3, -0.25) is 10.1 Å². The standard InChI is InChI=1S/C18H13ClN2O2S/c19-15-11-17(21(22)23)16(20-13-7-3-1-4-8-13)12-18(15)24-14-9-5-2-6-10-14/h1-12,20H. The number of rotatable bonds is 5. The average Bonchev–Trinajstić information content (AvgIpc) is 2.59. The van der Waals surface area contributed by atoms with Crippen LogP contribution in [0.3, 0.4) is 0 Å². The van der Waals surface area contributed by atoms with Gasteiger partial charge < -0.3 is 5.32 Å². The van der Waals surface area contributed by atoms with Gasteiger partial charge in [0.15, 0.2) is 0 Å². The van der Waals surface area contributed by atoms with Gasteiger partial charge in [0.2, 0.25) is 0 Å². The molecular weight excluding hydrogens is 344 g/mol. The van der Waals surface area contributed by atoms with Crippen LogP contribution in [0.5, 0.6) is 0 Å². The summed E-state index contributed by atoms with van der Waals surface area (Å²) in [7, 11) is 0. The molecule has 0 saturated heterocycles. The quantitative estimate of drug-likeness (QED) is 0.440. The second kappa shape index (κ2) is 7.38. The molecule has 0 bridgehead atoms. The molecular formula is C18H13ClN2O2S. The van der Waals surface area contributed by atoms with Crippen LogP contribution in [0.25, 0.3) is 0 Å². The molecule has 0 spiro atoms. The minimum atomic E-state index is -0.436. The van der Waals surface area contributed by atoms with Crippen LogP contribution < -0.4 is 5.32 Å². The van der Waals surface area contributed by atoms with Crippen molar-refractivity contribution in [3.63, 3.8) is 0 Å². The van der Waals surface area contributed by atoms with Gasteiger partial charge in [-0.25, -0.2) is 0 Å². The monoisotopic (exact) mass is 356 g/mol. The van der Waals surface area contributed by atoms with Crippen molar-refractivity contribution in [3.8, 4) is 0 Å². The molecule has 0 aliphatic heterocycles. The number of benzene rings is 3. The summed E-state index contributed by atoms with van der Waals surface area (Å²) < 4.78 is 0. The Morgan fingerprint density at radius 2 is 1.58 bits per heavy atom. The molecule has 3 aromatic carbocycles. The van der Waals surface area contributed by atoms with E-state index in [1.54, 1.807) is 6.07 Å². The lowest BCUT2D eigenvalue weighted by Gasteiger charge is -2.11.